The molecule has 2 fully saturated rings. The summed E-state index contributed by atoms with van der Waals surface area (Å²) in [6, 6.07) is 0.784. The fraction of sp³-hybridized carbons (Fsp3) is 0.769. The Balaban J connectivity index is 0.00000133. The van der Waals surface area contributed by atoms with E-state index in [1.165, 1.54) is 56.7 Å². The van der Waals surface area contributed by atoms with Gasteiger partial charge in [0.2, 0.25) is 0 Å². The second-order valence-electron chi connectivity index (χ2n) is 5.44. The Bertz CT molecular complexity index is 392. The lowest BCUT2D eigenvalue weighted by Gasteiger charge is -2.37. The van der Waals surface area contributed by atoms with E-state index in [0.717, 1.165) is 12.6 Å². The number of thiazole rings is 1. The van der Waals surface area contributed by atoms with Gasteiger partial charge in [-0.05, 0) is 45.3 Å². The number of nitrogens with two attached hydrogens (primary N) is 1. The first-order valence-electron chi connectivity index (χ1n) is 6.98. The average molecular weight is 303 g/mol. The molecule has 2 saturated heterocycles. The summed E-state index contributed by atoms with van der Waals surface area (Å²) in [6.07, 6.45) is 7.42. The van der Waals surface area contributed by atoms with Crippen molar-refractivity contribution in [2.45, 2.75) is 38.3 Å². The van der Waals surface area contributed by atoms with E-state index < -0.39 is 0 Å². The molecule has 1 aromatic heterocycles. The van der Waals surface area contributed by atoms with Crippen molar-refractivity contribution in [3.63, 3.8) is 0 Å². The highest BCUT2D eigenvalue weighted by molar-refractivity contribution is 7.15. The first-order valence-corrected chi connectivity index (χ1v) is 7.79. The highest BCUT2D eigenvalue weighted by Crippen LogP contribution is 2.23. The number of hydrogen-bond acceptors (Lipinski definition) is 5. The molecular formula is C13H23ClN4S. The molecule has 108 valence electrons. The number of halogens is 1. The van der Waals surface area contributed by atoms with Crippen molar-refractivity contribution in [3.05, 3.63) is 11.1 Å². The predicted molar refractivity (Wildman–Crippen MR) is 82.9 cm³/mol. The molecule has 3 heterocycles. The number of likely N-dealkylation sites (tertiary alicyclic amines) is 2. The molecule has 19 heavy (non-hydrogen) atoms. The number of nitrogens with zero attached hydrogens (tertiary/aromatic N) is 3. The van der Waals surface area contributed by atoms with E-state index >= 15 is 0 Å². The van der Waals surface area contributed by atoms with Crippen molar-refractivity contribution in [1.29, 1.82) is 0 Å². The maximum atomic E-state index is 5.69. The molecule has 1 atom stereocenters. The Kier molecular flexibility index (Phi) is 5.45. The predicted octanol–water partition coefficient (Wildman–Crippen LogP) is 2.21. The maximum absolute atomic E-state index is 5.69. The van der Waals surface area contributed by atoms with Crippen molar-refractivity contribution in [1.82, 2.24) is 14.8 Å². The lowest BCUT2D eigenvalue weighted by atomic mass is 10.0. The van der Waals surface area contributed by atoms with Gasteiger partial charge in [0, 0.05) is 30.2 Å². The van der Waals surface area contributed by atoms with Crippen LogP contribution >= 0.6 is 23.7 Å². The minimum absolute atomic E-state index is 0. The Hall–Kier alpha value is -0.360. The van der Waals surface area contributed by atoms with E-state index in [9.17, 15) is 0 Å². The van der Waals surface area contributed by atoms with Gasteiger partial charge < -0.3 is 5.73 Å². The molecule has 2 aliphatic rings. The van der Waals surface area contributed by atoms with Gasteiger partial charge in [0.15, 0.2) is 5.13 Å². The molecule has 1 unspecified atom stereocenters. The van der Waals surface area contributed by atoms with Crippen molar-refractivity contribution < 1.29 is 0 Å². The first kappa shape index (κ1) is 15.0. The molecule has 0 spiro atoms. The molecule has 6 heteroatoms. The highest BCUT2D eigenvalue weighted by atomic mass is 35.5. The number of piperidine rings is 1. The fourth-order valence-electron chi connectivity index (χ4n) is 3.20. The van der Waals surface area contributed by atoms with E-state index in [2.05, 4.69) is 14.8 Å². The molecule has 0 bridgehead atoms. The minimum atomic E-state index is 0. The van der Waals surface area contributed by atoms with Crippen molar-refractivity contribution >= 4 is 28.9 Å². The monoisotopic (exact) mass is 302 g/mol. The number of anilines is 1. The lowest BCUT2D eigenvalue weighted by molar-refractivity contribution is 0.111. The SMILES string of the molecule is Cl.Nc1ncc(CN2CCCC(N3CCCC3)C2)s1. The molecule has 3 rings (SSSR count). The molecule has 0 saturated carbocycles. The molecule has 0 amide bonds. The quantitative estimate of drug-likeness (QED) is 0.930. The topological polar surface area (TPSA) is 45.4 Å². The number of aromatic nitrogens is 1. The van der Waals surface area contributed by atoms with E-state index in [0.29, 0.717) is 5.13 Å². The smallest absolute Gasteiger partial charge is 0.180 e. The van der Waals surface area contributed by atoms with Crippen molar-refractivity contribution in [2.24, 2.45) is 0 Å². The van der Waals surface area contributed by atoms with Crippen LogP contribution in [0.15, 0.2) is 6.20 Å². The van der Waals surface area contributed by atoms with Crippen LogP contribution in [0.5, 0.6) is 0 Å². The van der Waals surface area contributed by atoms with Crippen LogP contribution in [0.2, 0.25) is 0 Å². The third-order valence-electron chi connectivity index (χ3n) is 4.09. The van der Waals surface area contributed by atoms with Gasteiger partial charge in [-0.2, -0.15) is 0 Å². The summed E-state index contributed by atoms with van der Waals surface area (Å²) in [7, 11) is 0. The van der Waals surface area contributed by atoms with Crippen LogP contribution in [-0.4, -0.2) is 47.0 Å². The van der Waals surface area contributed by atoms with Crippen molar-refractivity contribution in [3.8, 4) is 0 Å². The summed E-state index contributed by atoms with van der Waals surface area (Å²) in [5.41, 5.74) is 5.69. The summed E-state index contributed by atoms with van der Waals surface area (Å²) < 4.78 is 0. The maximum Gasteiger partial charge on any atom is 0.180 e. The van der Waals surface area contributed by atoms with Gasteiger partial charge in [0.25, 0.3) is 0 Å². The normalized spacial score (nSPS) is 25.4. The van der Waals surface area contributed by atoms with E-state index in [1.807, 2.05) is 6.20 Å². The minimum Gasteiger partial charge on any atom is -0.375 e. The number of hydrogen-bond donors (Lipinski definition) is 1. The zero-order chi connectivity index (χ0) is 12.4. The zero-order valence-electron chi connectivity index (χ0n) is 11.3. The number of rotatable bonds is 3. The third-order valence-corrected chi connectivity index (χ3v) is 4.90. The second kappa shape index (κ2) is 6.88. The molecule has 2 aliphatic heterocycles. The van der Waals surface area contributed by atoms with Crippen LogP contribution in [0, 0.1) is 0 Å². The average Bonchev–Trinajstić information content (AvgIpc) is 3.01. The Morgan fingerprint density at radius 3 is 2.74 bits per heavy atom. The van der Waals surface area contributed by atoms with Gasteiger partial charge in [-0.3, -0.25) is 9.80 Å². The second-order valence-corrected chi connectivity index (χ2v) is 6.59. The zero-order valence-corrected chi connectivity index (χ0v) is 12.9. The molecule has 0 aromatic carbocycles. The van der Waals surface area contributed by atoms with Gasteiger partial charge in [0.05, 0.1) is 0 Å². The summed E-state index contributed by atoms with van der Waals surface area (Å²) >= 11 is 1.63. The summed E-state index contributed by atoms with van der Waals surface area (Å²) in [5, 5.41) is 0.693. The third kappa shape index (κ3) is 3.81. The van der Waals surface area contributed by atoms with E-state index in [-0.39, 0.29) is 12.4 Å². The van der Waals surface area contributed by atoms with Gasteiger partial charge >= 0.3 is 0 Å². The molecule has 4 nitrogen and oxygen atoms in total. The largest absolute Gasteiger partial charge is 0.375 e. The summed E-state index contributed by atoms with van der Waals surface area (Å²) in [6.45, 7) is 6.09. The Morgan fingerprint density at radius 2 is 2.05 bits per heavy atom. The van der Waals surface area contributed by atoms with Crippen LogP contribution in [0.1, 0.15) is 30.6 Å². The van der Waals surface area contributed by atoms with Crippen LogP contribution in [-0.2, 0) is 6.54 Å². The fourth-order valence-corrected chi connectivity index (χ4v) is 3.92. The van der Waals surface area contributed by atoms with Crippen LogP contribution in [0.3, 0.4) is 0 Å². The molecule has 1 aromatic rings. The summed E-state index contributed by atoms with van der Waals surface area (Å²) in [4.78, 5) is 10.7. The summed E-state index contributed by atoms with van der Waals surface area (Å²) in [5.74, 6) is 0. The Labute approximate surface area is 125 Å². The standard InChI is InChI=1S/C13H22N4S.ClH/c14-13-15-8-12(18-13)10-16-5-3-4-11(9-16)17-6-1-2-7-17;/h8,11H,1-7,9-10H2,(H2,14,15);1H. The van der Waals surface area contributed by atoms with Gasteiger partial charge in [-0.25, -0.2) is 4.98 Å². The van der Waals surface area contributed by atoms with E-state index in [4.69, 9.17) is 5.73 Å². The van der Waals surface area contributed by atoms with E-state index in [1.54, 1.807) is 11.3 Å². The highest BCUT2D eigenvalue weighted by Gasteiger charge is 2.27. The van der Waals surface area contributed by atoms with Crippen LogP contribution in [0.4, 0.5) is 5.13 Å². The lowest BCUT2D eigenvalue weighted by Crippen LogP contribution is -2.46. The van der Waals surface area contributed by atoms with Crippen LogP contribution in [0.25, 0.3) is 0 Å². The van der Waals surface area contributed by atoms with Gasteiger partial charge in [-0.15, -0.1) is 23.7 Å². The Morgan fingerprint density at radius 1 is 1.26 bits per heavy atom. The molecule has 0 radical (unpaired) electrons. The number of nitrogen functional groups attached to an aromatic ring is 1. The first-order chi connectivity index (χ1) is 8.81. The van der Waals surface area contributed by atoms with Gasteiger partial charge in [0.1, 0.15) is 0 Å². The molecule has 2 N–H and O–H groups in total. The van der Waals surface area contributed by atoms with Gasteiger partial charge in [-0.1, -0.05) is 0 Å². The van der Waals surface area contributed by atoms with Crippen LogP contribution < -0.4 is 5.73 Å². The molecule has 0 aliphatic carbocycles. The van der Waals surface area contributed by atoms with Crippen molar-refractivity contribution in [2.75, 3.05) is 31.9 Å². The molecular weight excluding hydrogens is 280 g/mol.